The highest BCUT2D eigenvalue weighted by Gasteiger charge is 2.19. The molecule has 0 unspecified atom stereocenters. The monoisotopic (exact) mass is 498 g/mol. The minimum Gasteiger partial charge on any atom is -0.493 e. The highest BCUT2D eigenvalue weighted by atomic mass is 79.9. The van der Waals surface area contributed by atoms with E-state index in [1.54, 1.807) is 24.3 Å². The molecular weight excluding hydrogens is 480 g/mol. The maximum atomic E-state index is 12.3. The molecule has 2 amide bonds. The van der Waals surface area contributed by atoms with Gasteiger partial charge in [0.05, 0.1) is 17.1 Å². The molecule has 8 heteroatoms. The van der Waals surface area contributed by atoms with Gasteiger partial charge in [-0.3, -0.25) is 9.59 Å². The number of benzene rings is 2. The van der Waals surface area contributed by atoms with Gasteiger partial charge in [-0.2, -0.15) is 0 Å². The summed E-state index contributed by atoms with van der Waals surface area (Å²) in [5.74, 6) is 0.131. The van der Waals surface area contributed by atoms with E-state index in [2.05, 4.69) is 42.5 Å². The molecule has 0 spiro atoms. The van der Waals surface area contributed by atoms with Crippen LogP contribution in [0.5, 0.6) is 11.5 Å². The van der Waals surface area contributed by atoms with E-state index in [4.69, 9.17) is 9.47 Å². The number of ether oxygens (including phenoxy) is 2. The minimum absolute atomic E-state index is 0.00689. The van der Waals surface area contributed by atoms with Crippen LogP contribution in [-0.4, -0.2) is 31.6 Å². The summed E-state index contributed by atoms with van der Waals surface area (Å²) in [6.45, 7) is 3.51. The van der Waals surface area contributed by atoms with Crippen molar-refractivity contribution in [3.63, 3.8) is 0 Å². The molecule has 0 radical (unpaired) electrons. The van der Waals surface area contributed by atoms with Gasteiger partial charge >= 0.3 is 0 Å². The first-order valence-corrected chi connectivity index (χ1v) is 9.76. The van der Waals surface area contributed by atoms with E-state index in [0.29, 0.717) is 27.2 Å². The Morgan fingerprint density at radius 1 is 1.07 bits per heavy atom. The molecule has 0 aliphatic heterocycles. The zero-order valence-electron chi connectivity index (χ0n) is 15.1. The van der Waals surface area contributed by atoms with Gasteiger partial charge < -0.3 is 20.1 Å². The molecule has 2 aromatic rings. The standard InChI is InChI=1S/C19H20Br2N2O4/c1-11(2)22-19(25)14-8-9-15(26-3)18(17(14)21)27-10-16(24)23-13-6-4-12(20)5-7-13/h4-9,11H,10H2,1-3H3,(H,22,25)(H,23,24). The lowest BCUT2D eigenvalue weighted by atomic mass is 10.1. The third-order valence-corrected chi connectivity index (χ3v) is 4.74. The molecule has 0 saturated carbocycles. The molecule has 2 aromatic carbocycles. The van der Waals surface area contributed by atoms with Crippen LogP contribution >= 0.6 is 31.9 Å². The Hall–Kier alpha value is -2.06. The smallest absolute Gasteiger partial charge is 0.262 e. The summed E-state index contributed by atoms with van der Waals surface area (Å²) in [5.41, 5.74) is 1.05. The highest BCUT2D eigenvalue weighted by Crippen LogP contribution is 2.38. The molecule has 144 valence electrons. The molecular formula is C19H20Br2N2O4. The first kappa shape index (κ1) is 21.2. The summed E-state index contributed by atoms with van der Waals surface area (Å²) in [4.78, 5) is 24.5. The second-order valence-electron chi connectivity index (χ2n) is 5.93. The zero-order valence-corrected chi connectivity index (χ0v) is 18.3. The van der Waals surface area contributed by atoms with E-state index >= 15 is 0 Å². The fourth-order valence-corrected chi connectivity index (χ4v) is 3.10. The molecule has 2 rings (SSSR count). The Labute approximate surface area is 174 Å². The van der Waals surface area contributed by atoms with Crippen molar-refractivity contribution in [2.24, 2.45) is 0 Å². The first-order chi connectivity index (χ1) is 12.8. The van der Waals surface area contributed by atoms with E-state index in [1.165, 1.54) is 7.11 Å². The number of methoxy groups -OCH3 is 1. The van der Waals surface area contributed by atoms with Crippen LogP contribution in [-0.2, 0) is 4.79 Å². The molecule has 0 bridgehead atoms. The van der Waals surface area contributed by atoms with Crippen LogP contribution in [0.15, 0.2) is 45.3 Å². The number of carbonyl (C=O) groups excluding carboxylic acids is 2. The summed E-state index contributed by atoms with van der Waals surface area (Å²) in [6.07, 6.45) is 0. The van der Waals surface area contributed by atoms with Crippen molar-refractivity contribution >= 4 is 49.4 Å². The van der Waals surface area contributed by atoms with E-state index in [0.717, 1.165) is 4.47 Å². The van der Waals surface area contributed by atoms with Gasteiger partial charge in [-0.05, 0) is 66.2 Å². The van der Waals surface area contributed by atoms with Gasteiger partial charge in [0.1, 0.15) is 0 Å². The first-order valence-electron chi connectivity index (χ1n) is 8.17. The second-order valence-corrected chi connectivity index (χ2v) is 7.64. The van der Waals surface area contributed by atoms with Crippen molar-refractivity contribution in [3.05, 3.63) is 50.9 Å². The van der Waals surface area contributed by atoms with Gasteiger partial charge in [-0.15, -0.1) is 0 Å². The average Bonchev–Trinajstić information content (AvgIpc) is 2.61. The van der Waals surface area contributed by atoms with Gasteiger partial charge in [0.2, 0.25) is 0 Å². The summed E-state index contributed by atoms with van der Waals surface area (Å²) in [5, 5.41) is 5.56. The summed E-state index contributed by atoms with van der Waals surface area (Å²) >= 11 is 6.73. The fourth-order valence-electron chi connectivity index (χ4n) is 2.22. The maximum Gasteiger partial charge on any atom is 0.262 e. The molecule has 0 heterocycles. The number of carbonyl (C=O) groups is 2. The number of nitrogens with one attached hydrogen (secondary N) is 2. The number of amides is 2. The minimum atomic E-state index is -0.330. The van der Waals surface area contributed by atoms with Gasteiger partial charge in [0.25, 0.3) is 11.8 Å². The number of anilines is 1. The lowest BCUT2D eigenvalue weighted by Crippen LogP contribution is -2.30. The van der Waals surface area contributed by atoms with E-state index in [-0.39, 0.29) is 24.5 Å². The lowest BCUT2D eigenvalue weighted by Gasteiger charge is -2.16. The summed E-state index contributed by atoms with van der Waals surface area (Å²) in [6, 6.07) is 10.5. The van der Waals surface area contributed by atoms with Crippen molar-refractivity contribution in [1.82, 2.24) is 5.32 Å². The van der Waals surface area contributed by atoms with Crippen molar-refractivity contribution in [2.45, 2.75) is 19.9 Å². The molecule has 0 atom stereocenters. The van der Waals surface area contributed by atoms with Crippen LogP contribution in [0, 0.1) is 0 Å². The Balaban J connectivity index is 2.12. The zero-order chi connectivity index (χ0) is 20.0. The van der Waals surface area contributed by atoms with Crippen LogP contribution in [0.4, 0.5) is 5.69 Å². The Morgan fingerprint density at radius 3 is 2.33 bits per heavy atom. The molecule has 0 aliphatic rings. The highest BCUT2D eigenvalue weighted by molar-refractivity contribution is 9.10. The molecule has 0 saturated heterocycles. The number of hydrogen-bond donors (Lipinski definition) is 2. The SMILES string of the molecule is COc1ccc(C(=O)NC(C)C)c(Br)c1OCC(=O)Nc1ccc(Br)cc1. The lowest BCUT2D eigenvalue weighted by molar-refractivity contribution is -0.118. The second kappa shape index (κ2) is 9.75. The number of hydrogen-bond acceptors (Lipinski definition) is 4. The molecule has 0 aliphatic carbocycles. The van der Waals surface area contributed by atoms with Gasteiger partial charge in [0.15, 0.2) is 18.1 Å². The van der Waals surface area contributed by atoms with Gasteiger partial charge in [-0.25, -0.2) is 0 Å². The molecule has 0 aromatic heterocycles. The third kappa shape index (κ3) is 5.97. The third-order valence-electron chi connectivity index (χ3n) is 3.42. The normalized spacial score (nSPS) is 10.4. The van der Waals surface area contributed by atoms with E-state index < -0.39 is 0 Å². The Bertz CT molecular complexity index is 823. The molecule has 27 heavy (non-hydrogen) atoms. The van der Waals surface area contributed by atoms with Crippen molar-refractivity contribution in [2.75, 3.05) is 19.0 Å². The van der Waals surface area contributed by atoms with Gasteiger partial charge in [0, 0.05) is 16.2 Å². The topological polar surface area (TPSA) is 76.7 Å². The van der Waals surface area contributed by atoms with Crippen LogP contribution in [0.1, 0.15) is 24.2 Å². The fraction of sp³-hybridized carbons (Fsp3) is 0.263. The van der Waals surface area contributed by atoms with Crippen LogP contribution in [0.3, 0.4) is 0 Å². The largest absolute Gasteiger partial charge is 0.493 e. The van der Waals surface area contributed by atoms with Crippen molar-refractivity contribution in [1.29, 1.82) is 0 Å². The quantitative estimate of drug-likeness (QED) is 0.592. The average molecular weight is 500 g/mol. The predicted octanol–water partition coefficient (Wildman–Crippen LogP) is 4.38. The summed E-state index contributed by atoms with van der Waals surface area (Å²) < 4.78 is 12.3. The molecule has 6 nitrogen and oxygen atoms in total. The number of halogens is 2. The van der Waals surface area contributed by atoms with Crippen molar-refractivity contribution in [3.8, 4) is 11.5 Å². The van der Waals surface area contributed by atoms with Crippen molar-refractivity contribution < 1.29 is 19.1 Å². The molecule has 2 N–H and O–H groups in total. The number of rotatable bonds is 7. The van der Waals surface area contributed by atoms with Crippen LogP contribution in [0.25, 0.3) is 0 Å². The maximum absolute atomic E-state index is 12.3. The Morgan fingerprint density at radius 2 is 1.74 bits per heavy atom. The van der Waals surface area contributed by atoms with E-state index in [9.17, 15) is 9.59 Å². The predicted molar refractivity (Wildman–Crippen MR) is 112 cm³/mol. The van der Waals surface area contributed by atoms with E-state index in [1.807, 2.05) is 26.0 Å². The summed E-state index contributed by atoms with van der Waals surface area (Å²) in [7, 11) is 1.49. The molecule has 0 fully saturated rings. The van der Waals surface area contributed by atoms with Gasteiger partial charge in [-0.1, -0.05) is 15.9 Å². The van der Waals surface area contributed by atoms with Crippen LogP contribution in [0.2, 0.25) is 0 Å². The Kier molecular flexibility index (Phi) is 7.67. The van der Waals surface area contributed by atoms with Crippen LogP contribution < -0.4 is 20.1 Å².